The van der Waals surface area contributed by atoms with Crippen molar-refractivity contribution >= 4 is 17.1 Å². The molecule has 4 aliphatic carbocycles. The van der Waals surface area contributed by atoms with Gasteiger partial charge in [0.15, 0.2) is 0 Å². The first-order chi connectivity index (χ1) is 25.6. The maximum Gasteiger partial charge on any atom is 0.0719 e. The largest absolute Gasteiger partial charge is 0.310 e. The Balaban J connectivity index is 1.20. The third-order valence-corrected chi connectivity index (χ3v) is 11.9. The third-order valence-electron chi connectivity index (χ3n) is 11.9. The summed E-state index contributed by atoms with van der Waals surface area (Å²) in [6.45, 7) is 4.52. The highest BCUT2D eigenvalue weighted by Crippen LogP contribution is 2.64. The Hall–Kier alpha value is -5.92. The minimum atomic E-state index is -0.301. The van der Waals surface area contributed by atoms with Crippen molar-refractivity contribution in [3.8, 4) is 33.4 Å². The number of anilines is 3. The van der Waals surface area contributed by atoms with Crippen LogP contribution < -0.4 is 4.90 Å². The first-order valence-corrected chi connectivity index (χ1v) is 18.8. The summed E-state index contributed by atoms with van der Waals surface area (Å²) in [6, 6.07) is 51.9. The van der Waals surface area contributed by atoms with Gasteiger partial charge in [0.25, 0.3) is 0 Å². The fourth-order valence-corrected chi connectivity index (χ4v) is 9.63. The Labute approximate surface area is 307 Å². The predicted molar refractivity (Wildman–Crippen MR) is 218 cm³/mol. The summed E-state index contributed by atoms with van der Waals surface area (Å²) in [4.78, 5) is 2.51. The van der Waals surface area contributed by atoms with E-state index in [9.17, 15) is 0 Å². The molecule has 0 bridgehead atoms. The van der Waals surface area contributed by atoms with E-state index < -0.39 is 0 Å². The Kier molecular flexibility index (Phi) is 7.18. The standard InChI is InChI=1S/C51H41N/c1-34-31-38(36-15-5-3-6-16-36)25-29-49(34)52(50-30-26-39(32-35(50)2)37-17-7-4-8-18-37)40-27-28-44-43-21-11-14-24-47(43)51(48(44)33-40)45-22-12-9-19-41(45)42-20-10-13-23-46(42)51/h3-8,11-18,21-33H,9-10,19-20H2,1-2H3. The van der Waals surface area contributed by atoms with Gasteiger partial charge in [-0.3, -0.25) is 0 Å². The molecule has 0 heterocycles. The van der Waals surface area contributed by atoms with Gasteiger partial charge in [0.05, 0.1) is 5.41 Å². The van der Waals surface area contributed by atoms with Gasteiger partial charge in [0.2, 0.25) is 0 Å². The smallest absolute Gasteiger partial charge is 0.0719 e. The Bertz CT molecular complexity index is 2400. The summed E-state index contributed by atoms with van der Waals surface area (Å²) >= 11 is 0. The monoisotopic (exact) mass is 667 g/mol. The maximum absolute atomic E-state index is 2.54. The molecule has 250 valence electrons. The number of allylic oxidation sites excluding steroid dienone is 8. The molecule has 0 aliphatic heterocycles. The molecule has 10 rings (SSSR count). The van der Waals surface area contributed by atoms with Crippen LogP contribution in [0.3, 0.4) is 0 Å². The van der Waals surface area contributed by atoms with Crippen LogP contribution in [0.4, 0.5) is 17.1 Å². The van der Waals surface area contributed by atoms with Gasteiger partial charge in [-0.2, -0.15) is 0 Å². The minimum absolute atomic E-state index is 0.301. The van der Waals surface area contributed by atoms with Crippen LogP contribution in [-0.4, -0.2) is 0 Å². The van der Waals surface area contributed by atoms with Crippen molar-refractivity contribution in [3.05, 3.63) is 208 Å². The number of fused-ring (bicyclic) bond motifs is 8. The summed E-state index contributed by atoms with van der Waals surface area (Å²) < 4.78 is 0. The van der Waals surface area contributed by atoms with Gasteiger partial charge in [0.1, 0.15) is 0 Å². The van der Waals surface area contributed by atoms with E-state index in [2.05, 4.69) is 183 Å². The molecule has 0 fully saturated rings. The first-order valence-electron chi connectivity index (χ1n) is 18.8. The Morgan fingerprint density at radius 1 is 0.462 bits per heavy atom. The number of aryl methyl sites for hydroxylation is 2. The van der Waals surface area contributed by atoms with Crippen molar-refractivity contribution in [3.63, 3.8) is 0 Å². The number of rotatable bonds is 5. The van der Waals surface area contributed by atoms with Gasteiger partial charge in [0, 0.05) is 17.1 Å². The molecule has 6 aromatic rings. The van der Waals surface area contributed by atoms with E-state index in [0.717, 1.165) is 25.7 Å². The lowest BCUT2D eigenvalue weighted by atomic mass is 9.67. The van der Waals surface area contributed by atoms with Crippen LogP contribution in [-0.2, 0) is 5.41 Å². The van der Waals surface area contributed by atoms with Gasteiger partial charge >= 0.3 is 0 Å². The molecular formula is C51H41N. The van der Waals surface area contributed by atoms with Gasteiger partial charge in [-0.1, -0.05) is 127 Å². The predicted octanol–water partition coefficient (Wildman–Crippen LogP) is 13.7. The van der Waals surface area contributed by atoms with Crippen molar-refractivity contribution in [2.24, 2.45) is 0 Å². The van der Waals surface area contributed by atoms with Crippen LogP contribution in [0.2, 0.25) is 0 Å². The van der Waals surface area contributed by atoms with E-state index in [4.69, 9.17) is 0 Å². The van der Waals surface area contributed by atoms with Crippen LogP contribution in [0.15, 0.2) is 186 Å². The molecule has 0 saturated carbocycles. The average Bonchev–Trinajstić information content (AvgIpc) is 3.67. The van der Waals surface area contributed by atoms with Crippen molar-refractivity contribution in [1.82, 2.24) is 0 Å². The number of hydrogen-bond acceptors (Lipinski definition) is 1. The summed E-state index contributed by atoms with van der Waals surface area (Å²) in [5.41, 5.74) is 22.4. The third kappa shape index (κ3) is 4.55. The van der Waals surface area contributed by atoms with E-state index in [0.29, 0.717) is 0 Å². The zero-order chi connectivity index (χ0) is 34.8. The van der Waals surface area contributed by atoms with Crippen LogP contribution in [0.25, 0.3) is 33.4 Å². The number of hydrogen-bond donors (Lipinski definition) is 0. The molecule has 52 heavy (non-hydrogen) atoms. The molecule has 0 radical (unpaired) electrons. The van der Waals surface area contributed by atoms with E-state index in [1.165, 1.54) is 83.8 Å². The molecular weight excluding hydrogens is 627 g/mol. The lowest BCUT2D eigenvalue weighted by molar-refractivity contribution is 0.762. The summed E-state index contributed by atoms with van der Waals surface area (Å²) in [5.74, 6) is 0. The van der Waals surface area contributed by atoms with Crippen molar-refractivity contribution in [2.45, 2.75) is 44.9 Å². The van der Waals surface area contributed by atoms with Crippen LogP contribution in [0.1, 0.15) is 47.9 Å². The quantitative estimate of drug-likeness (QED) is 0.177. The van der Waals surface area contributed by atoms with E-state index in [-0.39, 0.29) is 5.41 Å². The SMILES string of the molecule is Cc1cc(-c2ccccc2)ccc1N(c1ccc2c(c1)C1(C3=C(CCC=C3)C3=C1C=CCC3)c1ccccc1-2)c1ccc(-c2ccccc2)cc1C. The average molecular weight is 668 g/mol. The topological polar surface area (TPSA) is 3.24 Å². The van der Waals surface area contributed by atoms with Gasteiger partial charge < -0.3 is 4.90 Å². The molecule has 0 saturated heterocycles. The summed E-state index contributed by atoms with van der Waals surface area (Å²) in [6.07, 6.45) is 14.3. The van der Waals surface area contributed by atoms with Crippen LogP contribution in [0, 0.1) is 13.8 Å². The van der Waals surface area contributed by atoms with Gasteiger partial charge in [-0.05, 0) is 154 Å². The zero-order valence-corrected chi connectivity index (χ0v) is 29.9. The normalized spacial score (nSPS) is 16.2. The first kappa shape index (κ1) is 30.9. The van der Waals surface area contributed by atoms with Gasteiger partial charge in [-0.15, -0.1) is 0 Å². The molecule has 0 N–H and O–H groups in total. The fourth-order valence-electron chi connectivity index (χ4n) is 9.63. The van der Waals surface area contributed by atoms with E-state index in [1.807, 2.05) is 0 Å². The lowest BCUT2D eigenvalue weighted by Crippen LogP contribution is -2.28. The Morgan fingerprint density at radius 3 is 1.54 bits per heavy atom. The Morgan fingerprint density at radius 2 is 0.981 bits per heavy atom. The van der Waals surface area contributed by atoms with Crippen molar-refractivity contribution < 1.29 is 0 Å². The molecule has 0 amide bonds. The number of benzene rings is 6. The summed E-state index contributed by atoms with van der Waals surface area (Å²) in [7, 11) is 0. The fraction of sp³-hybridized carbons (Fsp3) is 0.137. The highest BCUT2D eigenvalue weighted by Gasteiger charge is 2.53. The highest BCUT2D eigenvalue weighted by atomic mass is 15.1. The lowest BCUT2D eigenvalue weighted by Gasteiger charge is -2.35. The van der Waals surface area contributed by atoms with Crippen LogP contribution >= 0.6 is 0 Å². The second-order valence-electron chi connectivity index (χ2n) is 14.8. The maximum atomic E-state index is 2.54. The molecule has 1 nitrogen and oxygen atoms in total. The molecule has 0 atom stereocenters. The second-order valence-corrected chi connectivity index (χ2v) is 14.8. The van der Waals surface area contributed by atoms with Gasteiger partial charge in [-0.25, -0.2) is 0 Å². The molecule has 0 unspecified atom stereocenters. The molecule has 1 heteroatoms. The molecule has 0 aromatic heterocycles. The summed E-state index contributed by atoms with van der Waals surface area (Å²) in [5, 5.41) is 0. The highest BCUT2D eigenvalue weighted by molar-refractivity contribution is 5.93. The minimum Gasteiger partial charge on any atom is -0.310 e. The van der Waals surface area contributed by atoms with E-state index in [1.54, 1.807) is 11.1 Å². The molecule has 4 aliphatic rings. The number of nitrogens with zero attached hydrogens (tertiary/aromatic N) is 1. The molecule has 6 aromatic carbocycles. The zero-order valence-electron chi connectivity index (χ0n) is 29.9. The van der Waals surface area contributed by atoms with Crippen LogP contribution in [0.5, 0.6) is 0 Å². The van der Waals surface area contributed by atoms with Crippen molar-refractivity contribution in [1.29, 1.82) is 0 Å². The second kappa shape index (κ2) is 12.1. The molecule has 1 spiro atoms. The van der Waals surface area contributed by atoms with E-state index >= 15 is 0 Å². The van der Waals surface area contributed by atoms with Crippen molar-refractivity contribution in [2.75, 3.05) is 4.90 Å².